The van der Waals surface area contributed by atoms with Gasteiger partial charge in [-0.2, -0.15) is 0 Å². The van der Waals surface area contributed by atoms with Crippen LogP contribution in [-0.4, -0.2) is 91.0 Å². The fourth-order valence-corrected chi connectivity index (χ4v) is 6.84. The largest absolute Gasteiger partial charge is 0.756 e. The number of likely N-dealkylation sites (N-methyl/N-ethyl adjacent to an activating group) is 1. The molecule has 0 aliphatic carbocycles. The van der Waals surface area contributed by atoms with Crippen LogP contribution in [0.1, 0.15) is 181 Å². The number of hydrogen-bond donors (Lipinski definition) is 4. The number of unbranched alkanes of at least 4 members (excludes halogenated alkanes) is 19. The zero-order valence-electron chi connectivity index (χ0n) is 34.2. The van der Waals surface area contributed by atoms with Crippen LogP contribution in [0.25, 0.3) is 0 Å². The number of quaternary nitrogens is 1. The van der Waals surface area contributed by atoms with E-state index in [2.05, 4.69) is 25.2 Å². The Labute approximate surface area is 319 Å². The maximum Gasteiger partial charge on any atom is 0.268 e. The van der Waals surface area contributed by atoms with Crippen molar-refractivity contribution in [2.24, 2.45) is 0 Å². The lowest BCUT2D eigenvalue weighted by Crippen LogP contribution is -2.46. The third-order valence-corrected chi connectivity index (χ3v) is 10.7. The van der Waals surface area contributed by atoms with Crippen molar-refractivity contribution in [1.82, 2.24) is 5.32 Å². The van der Waals surface area contributed by atoms with E-state index < -0.39 is 32.2 Å². The summed E-state index contributed by atoms with van der Waals surface area (Å²) in [4.78, 5) is 25.3. The van der Waals surface area contributed by atoms with Crippen molar-refractivity contribution < 1.29 is 43.1 Å². The van der Waals surface area contributed by atoms with Crippen molar-refractivity contribution in [3.63, 3.8) is 0 Å². The molecular weight excluding hydrogens is 679 g/mol. The molecule has 0 heterocycles. The van der Waals surface area contributed by atoms with Gasteiger partial charge in [-0.25, -0.2) is 0 Å². The van der Waals surface area contributed by atoms with Crippen molar-refractivity contribution >= 4 is 13.7 Å². The smallest absolute Gasteiger partial charge is 0.268 e. The van der Waals surface area contributed by atoms with E-state index in [1.807, 2.05) is 27.2 Å². The summed E-state index contributed by atoms with van der Waals surface area (Å²) < 4.78 is 23.2. The Morgan fingerprint density at radius 2 is 1.15 bits per heavy atom. The predicted molar refractivity (Wildman–Crippen MR) is 213 cm³/mol. The average Bonchev–Trinajstić information content (AvgIpc) is 3.08. The normalized spacial score (nSPS) is 15.8. The number of nitrogens with one attached hydrogen (secondary N) is 1. The number of nitrogens with zero attached hydrogens (tertiary/aromatic N) is 1. The summed E-state index contributed by atoms with van der Waals surface area (Å²) in [5, 5.41) is 34.3. The van der Waals surface area contributed by atoms with Gasteiger partial charge in [0.05, 0.1) is 52.1 Å². The first-order valence-electron chi connectivity index (χ1n) is 21.2. The number of carbonyl (C=O) groups is 1. The Morgan fingerprint density at radius 1 is 0.673 bits per heavy atom. The second-order valence-electron chi connectivity index (χ2n) is 16.0. The van der Waals surface area contributed by atoms with Gasteiger partial charge in [0.2, 0.25) is 5.91 Å². The van der Waals surface area contributed by atoms with E-state index in [0.29, 0.717) is 36.7 Å². The SMILES string of the molecule is CCCCC/C=C\C[C@H](O)[C@@H](O)CCCCCCCC(=O)N[C@@H](COP(=O)([O-])OCC[N+](C)(C)C)[C@H](O)CCCCCCCCCCCCCCC. The molecule has 0 aromatic heterocycles. The van der Waals surface area contributed by atoms with Gasteiger partial charge in [0.25, 0.3) is 7.82 Å². The fraction of sp³-hybridized carbons (Fsp3) is 0.927. The molecule has 4 N–H and O–H groups in total. The van der Waals surface area contributed by atoms with Crippen LogP contribution in [0.4, 0.5) is 0 Å². The van der Waals surface area contributed by atoms with Crippen LogP contribution in [0.2, 0.25) is 0 Å². The Bertz CT molecular complexity index is 901. The van der Waals surface area contributed by atoms with E-state index in [4.69, 9.17) is 9.05 Å². The molecule has 0 bridgehead atoms. The first kappa shape index (κ1) is 51.2. The van der Waals surface area contributed by atoms with Crippen LogP contribution in [0.15, 0.2) is 12.2 Å². The summed E-state index contributed by atoms with van der Waals surface area (Å²) in [6.45, 7) is 4.51. The molecule has 310 valence electrons. The summed E-state index contributed by atoms with van der Waals surface area (Å²) in [7, 11) is 1.21. The van der Waals surface area contributed by atoms with Gasteiger partial charge in [-0.1, -0.05) is 148 Å². The lowest BCUT2D eigenvalue weighted by atomic mass is 10.0. The van der Waals surface area contributed by atoms with Crippen LogP contribution in [-0.2, 0) is 18.4 Å². The van der Waals surface area contributed by atoms with Gasteiger partial charge < -0.3 is 39.1 Å². The van der Waals surface area contributed by atoms with E-state index in [9.17, 15) is 29.6 Å². The minimum atomic E-state index is -4.60. The molecule has 5 atom stereocenters. The molecule has 0 aromatic carbocycles. The van der Waals surface area contributed by atoms with Gasteiger partial charge in [0.15, 0.2) is 0 Å². The zero-order chi connectivity index (χ0) is 38.9. The number of carbonyl (C=O) groups excluding carboxylic acids is 1. The van der Waals surface area contributed by atoms with Crippen LogP contribution >= 0.6 is 7.82 Å². The Kier molecular flexibility index (Phi) is 33.0. The molecule has 0 aliphatic rings. The van der Waals surface area contributed by atoms with E-state index in [1.54, 1.807) is 0 Å². The number of amides is 1. The molecule has 11 heteroatoms. The predicted octanol–water partition coefficient (Wildman–Crippen LogP) is 8.50. The summed E-state index contributed by atoms with van der Waals surface area (Å²) in [6, 6.07) is -0.854. The second kappa shape index (κ2) is 33.5. The fourth-order valence-electron chi connectivity index (χ4n) is 6.12. The number of aliphatic hydroxyl groups excluding tert-OH is 3. The molecule has 0 aromatic rings. The molecule has 1 amide bonds. The van der Waals surface area contributed by atoms with Gasteiger partial charge in [0, 0.05) is 6.42 Å². The molecule has 0 saturated heterocycles. The lowest BCUT2D eigenvalue weighted by Gasteiger charge is -2.30. The van der Waals surface area contributed by atoms with Crippen LogP contribution in [0.5, 0.6) is 0 Å². The van der Waals surface area contributed by atoms with Crippen molar-refractivity contribution in [1.29, 1.82) is 0 Å². The number of phosphoric acid groups is 1. The highest BCUT2D eigenvalue weighted by Crippen LogP contribution is 2.38. The van der Waals surface area contributed by atoms with Crippen LogP contribution in [0, 0.1) is 0 Å². The van der Waals surface area contributed by atoms with Gasteiger partial charge in [-0.3, -0.25) is 9.36 Å². The highest BCUT2D eigenvalue weighted by molar-refractivity contribution is 7.45. The van der Waals surface area contributed by atoms with Crippen molar-refractivity contribution in [3.8, 4) is 0 Å². The summed E-state index contributed by atoms with van der Waals surface area (Å²) in [5.41, 5.74) is 0. The van der Waals surface area contributed by atoms with Crippen molar-refractivity contribution in [3.05, 3.63) is 12.2 Å². The summed E-state index contributed by atoms with van der Waals surface area (Å²) in [6.07, 6.45) is 28.0. The molecule has 0 rings (SSSR count). The van der Waals surface area contributed by atoms with E-state index in [0.717, 1.165) is 57.8 Å². The van der Waals surface area contributed by atoms with Gasteiger partial charge in [-0.05, 0) is 38.5 Å². The third-order valence-electron chi connectivity index (χ3n) is 9.70. The Morgan fingerprint density at radius 3 is 1.69 bits per heavy atom. The number of aliphatic hydroxyl groups is 3. The Hall–Kier alpha value is -0.840. The summed E-state index contributed by atoms with van der Waals surface area (Å²) in [5.74, 6) is -0.244. The molecular formula is C41H83N2O8P. The number of phosphoric ester groups is 1. The first-order valence-corrected chi connectivity index (χ1v) is 22.7. The highest BCUT2D eigenvalue weighted by Gasteiger charge is 2.24. The van der Waals surface area contributed by atoms with Gasteiger partial charge in [-0.15, -0.1) is 0 Å². The molecule has 10 nitrogen and oxygen atoms in total. The maximum atomic E-state index is 12.8. The molecule has 1 unspecified atom stereocenters. The first-order chi connectivity index (χ1) is 24.8. The molecule has 0 saturated carbocycles. The van der Waals surface area contributed by atoms with Crippen molar-refractivity contribution in [2.45, 2.75) is 205 Å². The zero-order valence-corrected chi connectivity index (χ0v) is 35.1. The third kappa shape index (κ3) is 33.7. The molecule has 0 fully saturated rings. The highest BCUT2D eigenvalue weighted by atomic mass is 31.2. The number of rotatable bonds is 38. The lowest BCUT2D eigenvalue weighted by molar-refractivity contribution is -0.870. The molecule has 0 spiro atoms. The molecule has 0 radical (unpaired) electrons. The van der Waals surface area contributed by atoms with Crippen LogP contribution in [0.3, 0.4) is 0 Å². The minimum absolute atomic E-state index is 0.0150. The minimum Gasteiger partial charge on any atom is -0.756 e. The quantitative estimate of drug-likeness (QED) is 0.0212. The van der Waals surface area contributed by atoms with E-state index in [-0.39, 0.29) is 25.5 Å². The topological polar surface area (TPSA) is 148 Å². The van der Waals surface area contributed by atoms with E-state index >= 15 is 0 Å². The second-order valence-corrected chi connectivity index (χ2v) is 17.4. The molecule has 52 heavy (non-hydrogen) atoms. The Balaban J connectivity index is 4.53. The molecule has 0 aliphatic heterocycles. The standard InChI is InChI=1S/C41H83N2O8P/c1-6-8-10-12-14-15-16-17-18-19-20-23-26-30-38(44)37(36-51-52(48,49)50-35-34-43(3,4)5)42-41(47)33-29-25-21-24-28-32-40(46)39(45)31-27-22-13-11-9-7-2/h22,27,37-40,44-46H,6-21,23-26,28-36H2,1-5H3,(H-,42,47,48,49)/b27-22-/t37-,38+,39-,40-/m0/s1. The number of hydrogen-bond acceptors (Lipinski definition) is 8. The van der Waals surface area contributed by atoms with Crippen LogP contribution < -0.4 is 10.2 Å². The monoisotopic (exact) mass is 763 g/mol. The van der Waals surface area contributed by atoms with Gasteiger partial charge >= 0.3 is 0 Å². The average molecular weight is 763 g/mol. The number of allylic oxidation sites excluding steroid dienone is 1. The van der Waals surface area contributed by atoms with E-state index in [1.165, 1.54) is 77.0 Å². The van der Waals surface area contributed by atoms with Gasteiger partial charge in [0.1, 0.15) is 13.2 Å². The van der Waals surface area contributed by atoms with Crippen molar-refractivity contribution in [2.75, 3.05) is 40.9 Å². The summed E-state index contributed by atoms with van der Waals surface area (Å²) >= 11 is 0. The maximum absolute atomic E-state index is 12.8.